The van der Waals surface area contributed by atoms with Gasteiger partial charge in [0.15, 0.2) is 0 Å². The van der Waals surface area contributed by atoms with Crippen molar-refractivity contribution in [2.24, 2.45) is 9.98 Å². The number of nitrogens with one attached hydrogen (secondary N) is 3. The van der Waals surface area contributed by atoms with Gasteiger partial charge in [-0.15, -0.1) is 0 Å². The number of allylic oxidation sites excluding steroid dienone is 2. The zero-order chi connectivity index (χ0) is 28.7. The van der Waals surface area contributed by atoms with E-state index in [0.717, 1.165) is 42.9 Å². The molecule has 0 aromatic carbocycles. The number of carbonyl (C=O) groups is 1. The molecule has 1 amide bonds. The standard InChI is InChI=1S/C30H35F3N6O2/c31-30(32,33)20-39-26(17-22-16-21(3-6-28(22)39)18-36-23-9-14-41-15-10-23)2-1-11-35-25-4-5-27(37-19-25)29(40)38-24-7-12-34-13-8-24/h3,5,7,12,16-17,19,23,25,28,35-36H,4,6,8-11,13-15,18,20H2,(H,38,40). The van der Waals surface area contributed by atoms with Gasteiger partial charge >= 0.3 is 6.18 Å². The van der Waals surface area contributed by atoms with Gasteiger partial charge in [0.1, 0.15) is 12.2 Å². The van der Waals surface area contributed by atoms with Crippen molar-refractivity contribution in [1.29, 1.82) is 0 Å². The Hall–Kier alpha value is -3.46. The summed E-state index contributed by atoms with van der Waals surface area (Å²) in [6.07, 6.45) is 12.0. The number of hydrogen-bond donors (Lipinski definition) is 3. The molecule has 2 unspecified atom stereocenters. The number of halogens is 3. The van der Waals surface area contributed by atoms with Crippen molar-refractivity contribution in [2.75, 3.05) is 39.4 Å². The lowest BCUT2D eigenvalue weighted by atomic mass is 9.95. The predicted octanol–water partition coefficient (Wildman–Crippen LogP) is 2.94. The number of nitrogens with zero attached hydrogens (tertiary/aromatic N) is 3. The molecule has 4 aliphatic heterocycles. The van der Waals surface area contributed by atoms with E-state index in [4.69, 9.17) is 4.74 Å². The Morgan fingerprint density at radius 1 is 1.15 bits per heavy atom. The van der Waals surface area contributed by atoms with Crippen LogP contribution in [-0.2, 0) is 9.53 Å². The van der Waals surface area contributed by atoms with Crippen molar-refractivity contribution in [3.05, 3.63) is 58.6 Å². The second kappa shape index (κ2) is 13.5. The highest BCUT2D eigenvalue weighted by atomic mass is 19.4. The molecule has 0 aromatic rings. The fraction of sp³-hybridized carbons (Fsp3) is 0.500. The van der Waals surface area contributed by atoms with E-state index in [0.29, 0.717) is 49.8 Å². The summed E-state index contributed by atoms with van der Waals surface area (Å²) in [5.74, 6) is 5.68. The van der Waals surface area contributed by atoms with E-state index in [1.54, 1.807) is 30.7 Å². The molecule has 0 bridgehead atoms. The number of alkyl halides is 3. The molecule has 4 heterocycles. The zero-order valence-corrected chi connectivity index (χ0v) is 22.8. The summed E-state index contributed by atoms with van der Waals surface area (Å²) >= 11 is 0. The smallest absolute Gasteiger partial charge is 0.381 e. The maximum Gasteiger partial charge on any atom is 0.405 e. The molecule has 5 rings (SSSR count). The minimum Gasteiger partial charge on any atom is -0.381 e. The highest BCUT2D eigenvalue weighted by Gasteiger charge is 2.39. The first-order valence-electron chi connectivity index (χ1n) is 14.1. The number of hydrogen-bond acceptors (Lipinski definition) is 7. The first-order valence-corrected chi connectivity index (χ1v) is 14.1. The van der Waals surface area contributed by atoms with Gasteiger partial charge < -0.3 is 20.3 Å². The van der Waals surface area contributed by atoms with Crippen molar-refractivity contribution in [2.45, 2.75) is 56.4 Å². The van der Waals surface area contributed by atoms with Crippen molar-refractivity contribution in [3.63, 3.8) is 0 Å². The van der Waals surface area contributed by atoms with Crippen LogP contribution in [0, 0.1) is 11.8 Å². The molecule has 3 N–H and O–H groups in total. The van der Waals surface area contributed by atoms with E-state index < -0.39 is 12.7 Å². The lowest BCUT2D eigenvalue weighted by Gasteiger charge is -2.31. The summed E-state index contributed by atoms with van der Waals surface area (Å²) < 4.78 is 45.8. The van der Waals surface area contributed by atoms with Crippen LogP contribution in [0.3, 0.4) is 0 Å². The molecule has 0 aromatic heterocycles. The third-order valence-corrected chi connectivity index (χ3v) is 7.52. The normalized spacial score (nSPS) is 24.4. The monoisotopic (exact) mass is 568 g/mol. The van der Waals surface area contributed by atoms with Crippen LogP contribution in [0.2, 0.25) is 0 Å². The van der Waals surface area contributed by atoms with Crippen LogP contribution >= 0.6 is 0 Å². The average Bonchev–Trinajstić information content (AvgIpc) is 3.30. The fourth-order valence-corrected chi connectivity index (χ4v) is 5.33. The first kappa shape index (κ1) is 29.0. The summed E-state index contributed by atoms with van der Waals surface area (Å²) in [5, 5.41) is 9.63. The molecule has 1 saturated heterocycles. The van der Waals surface area contributed by atoms with Crippen LogP contribution in [0.4, 0.5) is 13.2 Å². The largest absolute Gasteiger partial charge is 0.405 e. The third kappa shape index (κ3) is 8.28. The fourth-order valence-electron chi connectivity index (χ4n) is 5.33. The quantitative estimate of drug-likeness (QED) is 0.392. The minimum absolute atomic E-state index is 0.119. The first-order chi connectivity index (χ1) is 19.8. The lowest BCUT2D eigenvalue weighted by Crippen LogP contribution is -2.39. The number of carbonyl (C=O) groups excluding carboxylic acids is 1. The van der Waals surface area contributed by atoms with Gasteiger partial charge in [-0.1, -0.05) is 24.1 Å². The van der Waals surface area contributed by atoms with Gasteiger partial charge in [0.05, 0.1) is 18.3 Å². The Morgan fingerprint density at radius 3 is 2.73 bits per heavy atom. The number of dihydropyridines is 1. The molecule has 8 nitrogen and oxygen atoms in total. The van der Waals surface area contributed by atoms with Crippen molar-refractivity contribution >= 4 is 18.3 Å². The molecule has 1 fully saturated rings. The van der Waals surface area contributed by atoms with Crippen LogP contribution in [0.15, 0.2) is 68.6 Å². The molecule has 41 heavy (non-hydrogen) atoms. The Bertz CT molecular complexity index is 1270. The average molecular weight is 569 g/mol. The maximum atomic E-state index is 13.5. The molecular weight excluding hydrogens is 533 g/mol. The lowest BCUT2D eigenvalue weighted by molar-refractivity contribution is -0.143. The molecule has 0 spiro atoms. The highest BCUT2D eigenvalue weighted by molar-refractivity contribution is 5.97. The Kier molecular flexibility index (Phi) is 9.54. The van der Waals surface area contributed by atoms with Gasteiger partial charge in [0, 0.05) is 62.9 Å². The summed E-state index contributed by atoms with van der Waals surface area (Å²) in [6.45, 7) is 2.08. The van der Waals surface area contributed by atoms with Crippen LogP contribution in [0.5, 0.6) is 0 Å². The van der Waals surface area contributed by atoms with Crippen molar-refractivity contribution in [1.82, 2.24) is 20.9 Å². The van der Waals surface area contributed by atoms with E-state index in [1.807, 2.05) is 12.2 Å². The molecule has 5 aliphatic rings. The SMILES string of the molecule is O=C(NC1=CC=NCC1)C1=CCC(NCC#CC2=CC3=CC(CNC4CCOCC4)=CCC3N2CC(F)(F)F)C=N1. The van der Waals surface area contributed by atoms with E-state index >= 15 is 0 Å². The Balaban J connectivity index is 1.14. The van der Waals surface area contributed by atoms with Crippen molar-refractivity contribution < 1.29 is 22.7 Å². The summed E-state index contributed by atoms with van der Waals surface area (Å²) in [6, 6.07) is -0.0813. The van der Waals surface area contributed by atoms with E-state index in [-0.39, 0.29) is 24.5 Å². The van der Waals surface area contributed by atoms with Crippen LogP contribution in [-0.4, -0.2) is 86.9 Å². The van der Waals surface area contributed by atoms with Gasteiger partial charge in [-0.2, -0.15) is 13.2 Å². The second-order valence-electron chi connectivity index (χ2n) is 10.6. The van der Waals surface area contributed by atoms with E-state index in [9.17, 15) is 18.0 Å². The van der Waals surface area contributed by atoms with Gasteiger partial charge in [-0.3, -0.25) is 20.1 Å². The molecular formula is C30H35F3N6O2. The predicted molar refractivity (Wildman–Crippen MR) is 152 cm³/mol. The maximum absolute atomic E-state index is 13.5. The van der Waals surface area contributed by atoms with Crippen LogP contribution in [0.1, 0.15) is 32.1 Å². The topological polar surface area (TPSA) is 90.3 Å². The van der Waals surface area contributed by atoms with Gasteiger partial charge in [0.25, 0.3) is 5.91 Å². The number of ether oxygens (including phenoxy) is 1. The number of amides is 1. The second-order valence-corrected chi connectivity index (χ2v) is 10.6. The van der Waals surface area contributed by atoms with Crippen LogP contribution < -0.4 is 16.0 Å². The van der Waals surface area contributed by atoms with E-state index in [1.165, 1.54) is 4.90 Å². The number of aliphatic imine (C=N–C) groups is 2. The van der Waals surface area contributed by atoms with Gasteiger partial charge in [0.2, 0.25) is 0 Å². The Labute approximate surface area is 238 Å². The van der Waals surface area contributed by atoms with Crippen molar-refractivity contribution in [3.8, 4) is 11.8 Å². The van der Waals surface area contributed by atoms with E-state index in [2.05, 4.69) is 37.8 Å². The summed E-state index contributed by atoms with van der Waals surface area (Å²) in [7, 11) is 0. The molecule has 0 radical (unpaired) electrons. The molecule has 1 aliphatic carbocycles. The number of fused-ring (bicyclic) bond motifs is 1. The molecule has 218 valence electrons. The van der Waals surface area contributed by atoms with Crippen LogP contribution in [0.25, 0.3) is 0 Å². The summed E-state index contributed by atoms with van der Waals surface area (Å²) in [4.78, 5) is 22.1. The molecule has 11 heteroatoms. The Morgan fingerprint density at radius 2 is 2.00 bits per heavy atom. The van der Waals surface area contributed by atoms with Gasteiger partial charge in [-0.25, -0.2) is 0 Å². The zero-order valence-electron chi connectivity index (χ0n) is 22.8. The third-order valence-electron chi connectivity index (χ3n) is 7.52. The highest BCUT2D eigenvalue weighted by Crippen LogP contribution is 2.35. The molecule has 2 atom stereocenters. The van der Waals surface area contributed by atoms with Gasteiger partial charge in [-0.05, 0) is 54.9 Å². The number of rotatable bonds is 8. The summed E-state index contributed by atoms with van der Waals surface area (Å²) in [5.41, 5.74) is 3.49. The minimum atomic E-state index is -4.33. The molecule has 0 saturated carbocycles.